The number of amides is 2. The Bertz CT molecular complexity index is 823. The highest BCUT2D eigenvalue weighted by Crippen LogP contribution is 2.25. The van der Waals surface area contributed by atoms with Crippen molar-refractivity contribution in [3.05, 3.63) is 65.0 Å². The highest BCUT2D eigenvalue weighted by atomic mass is 19.1. The normalized spacial score (nSPS) is 14.7. The third-order valence-corrected chi connectivity index (χ3v) is 4.39. The number of hydrogen-bond donors (Lipinski definition) is 2. The predicted octanol–water partition coefficient (Wildman–Crippen LogP) is 1.25. The second kappa shape index (κ2) is 7.53. The highest BCUT2D eigenvalue weighted by Gasteiger charge is 2.32. The summed E-state index contributed by atoms with van der Waals surface area (Å²) >= 11 is 0. The fraction of sp³-hybridized carbons (Fsp3) is 0.263. The average Bonchev–Trinajstić information content (AvgIpc) is 2.63. The number of fused-ring (bicyclic) bond motifs is 1. The zero-order valence-corrected chi connectivity index (χ0v) is 14.0. The van der Waals surface area contributed by atoms with Crippen molar-refractivity contribution >= 4 is 11.8 Å². The van der Waals surface area contributed by atoms with Gasteiger partial charge in [-0.2, -0.15) is 0 Å². The van der Waals surface area contributed by atoms with E-state index in [1.54, 1.807) is 30.3 Å². The van der Waals surface area contributed by atoms with Crippen molar-refractivity contribution in [1.29, 1.82) is 0 Å². The number of benzene rings is 2. The third kappa shape index (κ3) is 3.67. The van der Waals surface area contributed by atoms with Crippen LogP contribution in [0.5, 0.6) is 5.75 Å². The Morgan fingerprint density at radius 1 is 1.27 bits per heavy atom. The van der Waals surface area contributed by atoms with Crippen LogP contribution >= 0.6 is 0 Å². The number of rotatable bonds is 6. The number of carbonyl (C=O) groups excluding carboxylic acids is 2. The quantitative estimate of drug-likeness (QED) is 0.813. The monoisotopic (exact) mass is 358 g/mol. The largest absolute Gasteiger partial charge is 0.489 e. The van der Waals surface area contributed by atoms with Gasteiger partial charge in [0.2, 0.25) is 5.91 Å². The summed E-state index contributed by atoms with van der Waals surface area (Å²) in [5.41, 5.74) is 7.36. The molecule has 2 aromatic rings. The minimum atomic E-state index is -1.02. The minimum Gasteiger partial charge on any atom is -0.489 e. The summed E-state index contributed by atoms with van der Waals surface area (Å²) in [7, 11) is 0. The summed E-state index contributed by atoms with van der Waals surface area (Å²) in [5.74, 6) is -0.775. The molecule has 7 heteroatoms. The van der Waals surface area contributed by atoms with Gasteiger partial charge in [-0.1, -0.05) is 12.1 Å². The van der Waals surface area contributed by atoms with E-state index in [1.165, 1.54) is 17.0 Å². The van der Waals surface area contributed by atoms with E-state index in [9.17, 15) is 19.1 Å². The lowest BCUT2D eigenvalue weighted by Gasteiger charge is -2.33. The number of hydrogen-bond acceptors (Lipinski definition) is 4. The van der Waals surface area contributed by atoms with Gasteiger partial charge >= 0.3 is 0 Å². The number of aliphatic hydroxyl groups excluding tert-OH is 1. The first kappa shape index (κ1) is 17.9. The maximum atomic E-state index is 12.9. The summed E-state index contributed by atoms with van der Waals surface area (Å²) in [6.07, 6.45) is 0.526. The van der Waals surface area contributed by atoms with E-state index in [4.69, 9.17) is 10.5 Å². The average molecular weight is 358 g/mol. The molecule has 0 saturated carbocycles. The first-order chi connectivity index (χ1) is 12.5. The van der Waals surface area contributed by atoms with Crippen molar-refractivity contribution < 1.29 is 23.8 Å². The summed E-state index contributed by atoms with van der Waals surface area (Å²) in [6.45, 7) is 0.0735. The van der Waals surface area contributed by atoms with Gasteiger partial charge in [-0.15, -0.1) is 0 Å². The van der Waals surface area contributed by atoms with Crippen molar-refractivity contribution in [1.82, 2.24) is 4.90 Å². The van der Waals surface area contributed by atoms with Crippen LogP contribution in [0.25, 0.3) is 0 Å². The van der Waals surface area contributed by atoms with Crippen LogP contribution in [0.15, 0.2) is 42.5 Å². The molecule has 136 valence electrons. The number of nitrogens with zero attached hydrogens (tertiary/aromatic N) is 1. The molecule has 0 saturated heterocycles. The van der Waals surface area contributed by atoms with E-state index < -0.39 is 18.6 Å². The Labute approximate surface area is 150 Å². The predicted molar refractivity (Wildman–Crippen MR) is 92.0 cm³/mol. The lowest BCUT2D eigenvalue weighted by molar-refractivity contribution is -0.123. The number of carbonyl (C=O) groups is 2. The molecule has 0 fully saturated rings. The van der Waals surface area contributed by atoms with E-state index in [1.807, 2.05) is 0 Å². The fourth-order valence-electron chi connectivity index (χ4n) is 2.96. The van der Waals surface area contributed by atoms with Crippen molar-refractivity contribution in [2.75, 3.05) is 13.2 Å². The summed E-state index contributed by atoms with van der Waals surface area (Å²) in [4.78, 5) is 25.3. The Hall–Kier alpha value is -2.93. The van der Waals surface area contributed by atoms with Crippen molar-refractivity contribution in [3.63, 3.8) is 0 Å². The maximum Gasteiger partial charge on any atom is 0.254 e. The summed E-state index contributed by atoms with van der Waals surface area (Å²) in [6, 6.07) is 10.1. The standard InChI is InChI=1S/C19H19FN2O4/c20-14-3-1-12(2-4-14)11-26-15-5-6-16-13(9-15)7-8-22(19(16)25)17(10-23)18(21)24/h1-6,9,17,23H,7-8,10-11H2,(H2,21,24). The SMILES string of the molecule is NC(=O)C(CO)N1CCc2cc(OCc3ccc(F)cc3)ccc2C1=O. The van der Waals surface area contributed by atoms with Crippen LogP contribution in [-0.2, 0) is 17.8 Å². The molecule has 0 aliphatic carbocycles. The van der Waals surface area contributed by atoms with Gasteiger partial charge in [0.1, 0.15) is 24.2 Å². The second-order valence-corrected chi connectivity index (χ2v) is 6.08. The molecule has 0 spiro atoms. The molecule has 6 nitrogen and oxygen atoms in total. The number of ether oxygens (including phenoxy) is 1. The summed E-state index contributed by atoms with van der Waals surface area (Å²) in [5, 5.41) is 9.32. The Kier molecular flexibility index (Phi) is 5.18. The Balaban J connectivity index is 1.72. The van der Waals surface area contributed by atoms with E-state index >= 15 is 0 Å². The van der Waals surface area contributed by atoms with Gasteiger partial charge in [0.05, 0.1) is 6.61 Å². The molecule has 0 bridgehead atoms. The van der Waals surface area contributed by atoms with Crippen LogP contribution in [0.2, 0.25) is 0 Å². The molecule has 2 aromatic carbocycles. The lowest BCUT2D eigenvalue weighted by atomic mass is 9.97. The molecule has 0 aromatic heterocycles. The lowest BCUT2D eigenvalue weighted by Crippen LogP contribution is -2.52. The maximum absolute atomic E-state index is 12.9. The smallest absolute Gasteiger partial charge is 0.254 e. The molecule has 1 aliphatic heterocycles. The Morgan fingerprint density at radius 2 is 2.00 bits per heavy atom. The van der Waals surface area contributed by atoms with Gasteiger partial charge < -0.3 is 20.5 Å². The van der Waals surface area contributed by atoms with Crippen molar-refractivity contribution in [3.8, 4) is 5.75 Å². The van der Waals surface area contributed by atoms with Gasteiger partial charge in [0, 0.05) is 12.1 Å². The molecule has 0 radical (unpaired) electrons. The van der Waals surface area contributed by atoms with Gasteiger partial charge in [-0.05, 0) is 47.9 Å². The van der Waals surface area contributed by atoms with Gasteiger partial charge in [0.15, 0.2) is 0 Å². The van der Waals surface area contributed by atoms with Crippen LogP contribution in [0, 0.1) is 5.82 Å². The van der Waals surface area contributed by atoms with Crippen LogP contribution < -0.4 is 10.5 Å². The summed E-state index contributed by atoms with van der Waals surface area (Å²) < 4.78 is 18.6. The minimum absolute atomic E-state index is 0.285. The molecule has 3 rings (SSSR count). The van der Waals surface area contributed by atoms with Crippen LogP contribution in [0.3, 0.4) is 0 Å². The number of nitrogens with two attached hydrogens (primary N) is 1. The van der Waals surface area contributed by atoms with Gasteiger partial charge in [-0.3, -0.25) is 9.59 Å². The molecule has 26 heavy (non-hydrogen) atoms. The first-order valence-electron chi connectivity index (χ1n) is 8.21. The molecule has 3 N–H and O–H groups in total. The molecule has 1 unspecified atom stereocenters. The topological polar surface area (TPSA) is 92.9 Å². The van der Waals surface area contributed by atoms with E-state index in [2.05, 4.69) is 0 Å². The van der Waals surface area contributed by atoms with E-state index in [0.717, 1.165) is 11.1 Å². The highest BCUT2D eigenvalue weighted by molar-refractivity contribution is 5.99. The van der Waals surface area contributed by atoms with E-state index in [-0.39, 0.29) is 18.3 Å². The second-order valence-electron chi connectivity index (χ2n) is 6.08. The number of halogens is 1. The van der Waals surface area contributed by atoms with Crippen molar-refractivity contribution in [2.24, 2.45) is 5.73 Å². The number of primary amides is 1. The zero-order valence-electron chi connectivity index (χ0n) is 14.0. The van der Waals surface area contributed by atoms with Gasteiger partial charge in [-0.25, -0.2) is 4.39 Å². The first-order valence-corrected chi connectivity index (χ1v) is 8.21. The van der Waals surface area contributed by atoms with Crippen LogP contribution in [0.1, 0.15) is 21.5 Å². The third-order valence-electron chi connectivity index (χ3n) is 4.39. The number of aliphatic hydroxyl groups is 1. The molecule has 1 aliphatic rings. The van der Waals surface area contributed by atoms with Crippen molar-refractivity contribution in [2.45, 2.75) is 19.1 Å². The van der Waals surface area contributed by atoms with Gasteiger partial charge in [0.25, 0.3) is 5.91 Å². The zero-order chi connectivity index (χ0) is 18.7. The molecular formula is C19H19FN2O4. The molecule has 1 heterocycles. The Morgan fingerprint density at radius 3 is 2.65 bits per heavy atom. The molecule has 2 amide bonds. The van der Waals surface area contributed by atoms with Crippen LogP contribution in [0.4, 0.5) is 4.39 Å². The van der Waals surface area contributed by atoms with E-state index in [0.29, 0.717) is 24.3 Å². The molecule has 1 atom stereocenters. The van der Waals surface area contributed by atoms with Crippen LogP contribution in [-0.4, -0.2) is 41.0 Å². The molecular weight excluding hydrogens is 339 g/mol. The fourth-order valence-corrected chi connectivity index (χ4v) is 2.96.